The van der Waals surface area contributed by atoms with Crippen molar-refractivity contribution in [3.05, 3.63) is 120 Å². The van der Waals surface area contributed by atoms with Gasteiger partial charge in [-0.1, -0.05) is 30.3 Å². The summed E-state index contributed by atoms with van der Waals surface area (Å²) in [6.45, 7) is 3.15. The van der Waals surface area contributed by atoms with E-state index in [2.05, 4.69) is 34.0 Å². The summed E-state index contributed by atoms with van der Waals surface area (Å²) in [5, 5.41) is 0. The Labute approximate surface area is 211 Å². The van der Waals surface area contributed by atoms with Crippen molar-refractivity contribution in [3.8, 4) is 11.1 Å². The van der Waals surface area contributed by atoms with Crippen LogP contribution in [0.1, 0.15) is 33.0 Å². The highest BCUT2D eigenvalue weighted by molar-refractivity contribution is 5.95. The summed E-state index contributed by atoms with van der Waals surface area (Å²) in [5.74, 6) is -0.276. The molecule has 1 aliphatic rings. The van der Waals surface area contributed by atoms with Crippen molar-refractivity contribution in [2.45, 2.75) is 12.3 Å². The maximum atomic E-state index is 14.5. The van der Waals surface area contributed by atoms with Gasteiger partial charge in [-0.15, -0.1) is 0 Å². The number of hydrogen-bond acceptors (Lipinski definition) is 4. The third-order valence-corrected chi connectivity index (χ3v) is 6.88. The van der Waals surface area contributed by atoms with Crippen LogP contribution in [0.2, 0.25) is 0 Å². The number of halogens is 1. The predicted octanol–water partition coefficient (Wildman–Crippen LogP) is 5.04. The van der Waals surface area contributed by atoms with Gasteiger partial charge in [0, 0.05) is 62.4 Å². The standard InChI is InChI=1S/C30H29FN4O/c1-34-13-15-35(16-14-34)30(36)24-6-2-5-22(17-24)29-19-27(31)10-9-23(29)18-28(25-7-3-11-32-20-25)26-8-4-12-33-21-26/h2-12,17,19-21,28H,13-16,18H2,1H3. The molecule has 1 saturated heterocycles. The van der Waals surface area contributed by atoms with E-state index in [0.717, 1.165) is 40.9 Å². The molecule has 0 atom stereocenters. The molecule has 0 radical (unpaired) electrons. The Morgan fingerprint density at radius 3 is 2.22 bits per heavy atom. The quantitative estimate of drug-likeness (QED) is 0.388. The summed E-state index contributed by atoms with van der Waals surface area (Å²) in [4.78, 5) is 26.0. The Kier molecular flexibility index (Phi) is 7.14. The lowest BCUT2D eigenvalue weighted by atomic mass is 9.85. The number of rotatable bonds is 6. The lowest BCUT2D eigenvalue weighted by Crippen LogP contribution is -2.47. The molecule has 0 N–H and O–H groups in total. The zero-order valence-electron chi connectivity index (χ0n) is 20.3. The molecule has 36 heavy (non-hydrogen) atoms. The predicted molar refractivity (Wildman–Crippen MR) is 139 cm³/mol. The number of benzene rings is 2. The summed E-state index contributed by atoms with van der Waals surface area (Å²) in [5.41, 5.74) is 5.39. The molecule has 5 nitrogen and oxygen atoms in total. The molecule has 3 heterocycles. The Morgan fingerprint density at radius 1 is 0.889 bits per heavy atom. The molecule has 0 bridgehead atoms. The number of pyridine rings is 2. The van der Waals surface area contributed by atoms with E-state index in [4.69, 9.17) is 0 Å². The first-order chi connectivity index (χ1) is 17.6. The van der Waals surface area contributed by atoms with Crippen molar-refractivity contribution in [1.82, 2.24) is 19.8 Å². The number of carbonyl (C=O) groups is 1. The molecule has 0 unspecified atom stereocenters. The smallest absolute Gasteiger partial charge is 0.253 e. The molecule has 5 rings (SSSR count). The zero-order chi connectivity index (χ0) is 24.9. The number of piperazine rings is 1. The highest BCUT2D eigenvalue weighted by Crippen LogP contribution is 2.33. The van der Waals surface area contributed by atoms with Crippen LogP contribution in [0.15, 0.2) is 91.5 Å². The van der Waals surface area contributed by atoms with Crippen LogP contribution in [-0.2, 0) is 6.42 Å². The fraction of sp³-hybridized carbons (Fsp3) is 0.233. The summed E-state index contributed by atoms with van der Waals surface area (Å²) < 4.78 is 14.5. The van der Waals surface area contributed by atoms with Crippen molar-refractivity contribution >= 4 is 5.91 Å². The van der Waals surface area contributed by atoms with Gasteiger partial charge in [-0.05, 0) is 77.7 Å². The fourth-order valence-electron chi connectivity index (χ4n) is 4.82. The maximum Gasteiger partial charge on any atom is 0.253 e. The van der Waals surface area contributed by atoms with E-state index < -0.39 is 0 Å². The van der Waals surface area contributed by atoms with Crippen molar-refractivity contribution < 1.29 is 9.18 Å². The number of amides is 1. The molecular formula is C30H29FN4O. The molecule has 2 aromatic carbocycles. The van der Waals surface area contributed by atoms with E-state index in [1.807, 2.05) is 59.8 Å². The molecule has 1 aliphatic heterocycles. The number of nitrogens with zero attached hydrogens (tertiary/aromatic N) is 4. The second-order valence-electron chi connectivity index (χ2n) is 9.31. The minimum Gasteiger partial charge on any atom is -0.336 e. The maximum absolute atomic E-state index is 14.5. The van der Waals surface area contributed by atoms with Crippen LogP contribution in [0.3, 0.4) is 0 Å². The monoisotopic (exact) mass is 480 g/mol. The summed E-state index contributed by atoms with van der Waals surface area (Å²) in [7, 11) is 2.07. The SMILES string of the molecule is CN1CCN(C(=O)c2cccc(-c3cc(F)ccc3CC(c3cccnc3)c3cccnc3)c2)CC1. The summed E-state index contributed by atoms with van der Waals surface area (Å²) in [6, 6.07) is 20.5. The van der Waals surface area contributed by atoms with Crippen molar-refractivity contribution in [2.75, 3.05) is 33.2 Å². The van der Waals surface area contributed by atoms with Gasteiger partial charge >= 0.3 is 0 Å². The van der Waals surface area contributed by atoms with Gasteiger partial charge in [0.15, 0.2) is 0 Å². The van der Waals surface area contributed by atoms with Gasteiger partial charge in [0.2, 0.25) is 0 Å². The molecule has 0 aliphatic carbocycles. The number of likely N-dealkylation sites (N-methyl/N-ethyl adjacent to an activating group) is 1. The first-order valence-corrected chi connectivity index (χ1v) is 12.2. The topological polar surface area (TPSA) is 49.3 Å². The Hall–Kier alpha value is -3.90. The normalized spacial score (nSPS) is 14.2. The Balaban J connectivity index is 1.49. The van der Waals surface area contributed by atoms with Gasteiger partial charge in [0.05, 0.1) is 0 Å². The van der Waals surface area contributed by atoms with Crippen LogP contribution in [0.5, 0.6) is 0 Å². The largest absolute Gasteiger partial charge is 0.336 e. The molecule has 6 heteroatoms. The summed E-state index contributed by atoms with van der Waals surface area (Å²) in [6.07, 6.45) is 7.90. The van der Waals surface area contributed by atoms with Gasteiger partial charge in [-0.2, -0.15) is 0 Å². The molecule has 182 valence electrons. The van der Waals surface area contributed by atoms with Crippen LogP contribution in [0.25, 0.3) is 11.1 Å². The van der Waals surface area contributed by atoms with E-state index in [-0.39, 0.29) is 17.6 Å². The highest BCUT2D eigenvalue weighted by Gasteiger charge is 2.22. The van der Waals surface area contributed by atoms with Crippen LogP contribution in [-0.4, -0.2) is 58.9 Å². The van der Waals surface area contributed by atoms with Gasteiger partial charge in [-0.25, -0.2) is 4.39 Å². The minimum absolute atomic E-state index is 0.00626. The average Bonchev–Trinajstić information content (AvgIpc) is 2.93. The highest BCUT2D eigenvalue weighted by atomic mass is 19.1. The van der Waals surface area contributed by atoms with Crippen molar-refractivity contribution in [3.63, 3.8) is 0 Å². The van der Waals surface area contributed by atoms with E-state index in [0.29, 0.717) is 25.1 Å². The molecule has 1 fully saturated rings. The van der Waals surface area contributed by atoms with Crippen molar-refractivity contribution in [1.29, 1.82) is 0 Å². The van der Waals surface area contributed by atoms with E-state index in [1.165, 1.54) is 6.07 Å². The Bertz CT molecular complexity index is 1280. The first kappa shape index (κ1) is 23.8. The van der Waals surface area contributed by atoms with Gasteiger partial charge < -0.3 is 9.80 Å². The van der Waals surface area contributed by atoms with E-state index >= 15 is 0 Å². The lowest BCUT2D eigenvalue weighted by molar-refractivity contribution is 0.0664. The van der Waals surface area contributed by atoms with Crippen LogP contribution < -0.4 is 0 Å². The van der Waals surface area contributed by atoms with Gasteiger partial charge in [-0.3, -0.25) is 14.8 Å². The van der Waals surface area contributed by atoms with Gasteiger partial charge in [0.1, 0.15) is 5.82 Å². The van der Waals surface area contributed by atoms with E-state index in [1.54, 1.807) is 18.5 Å². The molecule has 1 amide bonds. The third kappa shape index (κ3) is 5.34. The number of aromatic nitrogens is 2. The molecule has 0 saturated carbocycles. The molecule has 4 aromatic rings. The van der Waals surface area contributed by atoms with Crippen LogP contribution >= 0.6 is 0 Å². The lowest BCUT2D eigenvalue weighted by Gasteiger charge is -2.32. The minimum atomic E-state index is -0.302. The Morgan fingerprint density at radius 2 is 1.58 bits per heavy atom. The molecular weight excluding hydrogens is 451 g/mol. The number of hydrogen-bond donors (Lipinski definition) is 0. The molecule has 2 aromatic heterocycles. The second kappa shape index (κ2) is 10.8. The average molecular weight is 481 g/mol. The molecule has 0 spiro atoms. The third-order valence-electron chi connectivity index (χ3n) is 6.88. The van der Waals surface area contributed by atoms with E-state index in [9.17, 15) is 9.18 Å². The van der Waals surface area contributed by atoms with Crippen molar-refractivity contribution in [2.24, 2.45) is 0 Å². The van der Waals surface area contributed by atoms with Crippen LogP contribution in [0.4, 0.5) is 4.39 Å². The zero-order valence-corrected chi connectivity index (χ0v) is 20.3. The second-order valence-corrected chi connectivity index (χ2v) is 9.31. The first-order valence-electron chi connectivity index (χ1n) is 12.2. The van der Waals surface area contributed by atoms with Crippen LogP contribution in [0, 0.1) is 5.82 Å². The van der Waals surface area contributed by atoms with Gasteiger partial charge in [0.25, 0.3) is 5.91 Å². The summed E-state index contributed by atoms with van der Waals surface area (Å²) >= 11 is 0. The number of carbonyl (C=O) groups excluding carboxylic acids is 1. The fourth-order valence-corrected chi connectivity index (χ4v) is 4.82.